The van der Waals surface area contributed by atoms with Gasteiger partial charge in [0.05, 0.1) is 11.5 Å². The Morgan fingerprint density at radius 1 is 0.718 bits per heavy atom. The first kappa shape index (κ1) is 29.8. The van der Waals surface area contributed by atoms with E-state index in [0.29, 0.717) is 11.8 Å². The van der Waals surface area contributed by atoms with Crippen LogP contribution >= 0.6 is 0 Å². The Labute approximate surface area is 239 Å². The highest BCUT2D eigenvalue weighted by atomic mass is 14.9. The Kier molecular flexibility index (Phi) is 11.9. The summed E-state index contributed by atoms with van der Waals surface area (Å²) in [4.78, 5) is 9.58. The van der Waals surface area contributed by atoms with Gasteiger partial charge in [0, 0.05) is 18.0 Å². The van der Waals surface area contributed by atoms with Crippen LogP contribution in [0.25, 0.3) is 11.4 Å². The molecule has 0 amide bonds. The molecule has 3 heteroatoms. The molecule has 0 bridgehead atoms. The van der Waals surface area contributed by atoms with Crippen LogP contribution in [-0.4, -0.2) is 9.97 Å². The third kappa shape index (κ3) is 8.64. The zero-order valence-electron chi connectivity index (χ0n) is 25.0. The lowest BCUT2D eigenvalue weighted by atomic mass is 9.67. The first-order chi connectivity index (χ1) is 19.2. The van der Waals surface area contributed by atoms with E-state index in [1.165, 1.54) is 101 Å². The average Bonchev–Trinajstić information content (AvgIpc) is 3.00. The van der Waals surface area contributed by atoms with Crippen molar-refractivity contribution in [1.82, 2.24) is 9.97 Å². The van der Waals surface area contributed by atoms with E-state index in [2.05, 4.69) is 56.6 Å². The van der Waals surface area contributed by atoms with Crippen LogP contribution in [0.3, 0.4) is 0 Å². The van der Waals surface area contributed by atoms with E-state index in [-0.39, 0.29) is 5.41 Å². The normalized spacial score (nSPS) is 25.3. The van der Waals surface area contributed by atoms with Gasteiger partial charge in [-0.2, -0.15) is 5.26 Å². The van der Waals surface area contributed by atoms with E-state index < -0.39 is 0 Å². The van der Waals surface area contributed by atoms with Gasteiger partial charge >= 0.3 is 0 Å². The van der Waals surface area contributed by atoms with Gasteiger partial charge in [0.1, 0.15) is 0 Å². The zero-order valence-corrected chi connectivity index (χ0v) is 25.0. The molecule has 0 N–H and O–H groups in total. The van der Waals surface area contributed by atoms with Crippen LogP contribution in [0.4, 0.5) is 0 Å². The molecule has 1 heterocycles. The van der Waals surface area contributed by atoms with Crippen molar-refractivity contribution in [3.05, 3.63) is 47.8 Å². The van der Waals surface area contributed by atoms with Crippen molar-refractivity contribution >= 4 is 0 Å². The summed E-state index contributed by atoms with van der Waals surface area (Å²) in [5.74, 6) is 2.99. The molecule has 2 aliphatic rings. The van der Waals surface area contributed by atoms with Crippen molar-refractivity contribution in [2.24, 2.45) is 11.3 Å². The van der Waals surface area contributed by atoms with Crippen molar-refractivity contribution in [2.45, 2.75) is 148 Å². The SMILES string of the molecule is CCCCCCCC[C@H]1CC[C@H](c2cnc(-c3ccc([C@H]4CC[C@@](C#N)(CCCCC)CC4)cc3)nc2)CC1. The smallest absolute Gasteiger partial charge is 0.159 e. The molecule has 0 radical (unpaired) electrons. The molecule has 1 aromatic carbocycles. The van der Waals surface area contributed by atoms with Gasteiger partial charge in [-0.25, -0.2) is 9.97 Å². The van der Waals surface area contributed by atoms with Crippen molar-refractivity contribution < 1.29 is 0 Å². The van der Waals surface area contributed by atoms with Gasteiger partial charge in [0.25, 0.3) is 0 Å². The molecule has 0 aliphatic heterocycles. The summed E-state index contributed by atoms with van der Waals surface area (Å²) in [6.07, 6.45) is 28.5. The Morgan fingerprint density at radius 2 is 1.31 bits per heavy atom. The Morgan fingerprint density at radius 3 is 1.95 bits per heavy atom. The first-order valence-corrected chi connectivity index (χ1v) is 16.5. The largest absolute Gasteiger partial charge is 0.236 e. The van der Waals surface area contributed by atoms with Crippen molar-refractivity contribution in [2.75, 3.05) is 0 Å². The Bertz CT molecular complexity index is 987. The molecule has 0 unspecified atom stereocenters. The lowest BCUT2D eigenvalue weighted by Gasteiger charge is -2.35. The van der Waals surface area contributed by atoms with Crippen LogP contribution in [0.15, 0.2) is 36.7 Å². The first-order valence-electron chi connectivity index (χ1n) is 16.5. The third-order valence-electron chi connectivity index (χ3n) is 10.0. The molecule has 212 valence electrons. The van der Waals surface area contributed by atoms with Gasteiger partial charge in [-0.05, 0) is 86.7 Å². The van der Waals surface area contributed by atoms with Gasteiger partial charge in [0.15, 0.2) is 5.82 Å². The van der Waals surface area contributed by atoms with Gasteiger partial charge in [-0.15, -0.1) is 0 Å². The topological polar surface area (TPSA) is 49.6 Å². The van der Waals surface area contributed by atoms with Crippen LogP contribution in [0.5, 0.6) is 0 Å². The number of hydrogen-bond acceptors (Lipinski definition) is 3. The molecule has 2 saturated carbocycles. The summed E-state index contributed by atoms with van der Waals surface area (Å²) in [5, 5.41) is 9.87. The number of unbranched alkanes of at least 4 members (excludes halogenated alkanes) is 7. The van der Waals surface area contributed by atoms with Crippen molar-refractivity contribution in [3.8, 4) is 17.5 Å². The lowest BCUT2D eigenvalue weighted by Crippen LogP contribution is -2.25. The minimum atomic E-state index is -0.0751. The summed E-state index contributed by atoms with van der Waals surface area (Å²) in [5.41, 5.74) is 3.77. The zero-order chi connectivity index (χ0) is 27.3. The summed E-state index contributed by atoms with van der Waals surface area (Å²) in [7, 11) is 0. The summed E-state index contributed by atoms with van der Waals surface area (Å²) in [6, 6.07) is 11.7. The quantitative estimate of drug-likeness (QED) is 0.229. The molecule has 2 aliphatic carbocycles. The number of hydrogen-bond donors (Lipinski definition) is 0. The van der Waals surface area contributed by atoms with Crippen LogP contribution in [0.2, 0.25) is 0 Å². The minimum Gasteiger partial charge on any atom is -0.236 e. The van der Waals surface area contributed by atoms with Crippen LogP contribution in [-0.2, 0) is 0 Å². The second-order valence-electron chi connectivity index (χ2n) is 12.9. The number of aromatic nitrogens is 2. The van der Waals surface area contributed by atoms with Crippen LogP contribution in [0.1, 0.15) is 159 Å². The summed E-state index contributed by atoms with van der Waals surface area (Å²) in [6.45, 7) is 4.53. The predicted octanol–water partition coefficient (Wildman–Crippen LogP) is 10.9. The molecule has 2 fully saturated rings. The van der Waals surface area contributed by atoms with E-state index in [1.807, 2.05) is 0 Å². The lowest BCUT2D eigenvalue weighted by molar-refractivity contribution is 0.223. The molecular formula is C36H53N3. The molecule has 2 aromatic rings. The van der Waals surface area contributed by atoms with Crippen LogP contribution in [0, 0.1) is 22.7 Å². The fourth-order valence-corrected chi connectivity index (χ4v) is 7.23. The maximum Gasteiger partial charge on any atom is 0.159 e. The Balaban J connectivity index is 1.22. The van der Waals surface area contributed by atoms with Gasteiger partial charge < -0.3 is 0 Å². The second kappa shape index (κ2) is 15.5. The summed E-state index contributed by atoms with van der Waals surface area (Å²) < 4.78 is 0. The highest BCUT2D eigenvalue weighted by Crippen LogP contribution is 2.46. The second-order valence-corrected chi connectivity index (χ2v) is 12.9. The summed E-state index contributed by atoms with van der Waals surface area (Å²) >= 11 is 0. The maximum absolute atomic E-state index is 9.87. The molecule has 39 heavy (non-hydrogen) atoms. The molecule has 1 aromatic heterocycles. The van der Waals surface area contributed by atoms with E-state index in [0.717, 1.165) is 49.4 Å². The molecule has 0 atom stereocenters. The predicted molar refractivity (Wildman–Crippen MR) is 164 cm³/mol. The molecule has 0 spiro atoms. The number of nitriles is 1. The van der Waals surface area contributed by atoms with E-state index in [1.54, 1.807) is 0 Å². The van der Waals surface area contributed by atoms with Gasteiger partial charge in [0.2, 0.25) is 0 Å². The fraction of sp³-hybridized carbons (Fsp3) is 0.694. The van der Waals surface area contributed by atoms with Crippen molar-refractivity contribution in [1.29, 1.82) is 5.26 Å². The maximum atomic E-state index is 9.87. The fourth-order valence-electron chi connectivity index (χ4n) is 7.23. The number of benzene rings is 1. The van der Waals surface area contributed by atoms with E-state index >= 15 is 0 Å². The average molecular weight is 528 g/mol. The standard InChI is InChI=1S/C36H53N3/c1-3-5-7-8-9-10-12-29-13-15-31(16-14-29)34-26-38-35(39-27-34)33-19-17-30(18-20-33)32-21-24-36(28-37,25-22-32)23-11-6-4-2/h17-20,26-27,29,31-32H,3-16,21-25H2,1-2H3/t29-,31-,32-,36-. The minimum absolute atomic E-state index is 0.0751. The van der Waals surface area contributed by atoms with Gasteiger partial charge in [-0.1, -0.05) is 102 Å². The molecular weight excluding hydrogens is 474 g/mol. The van der Waals surface area contributed by atoms with E-state index in [9.17, 15) is 5.26 Å². The monoisotopic (exact) mass is 527 g/mol. The van der Waals surface area contributed by atoms with E-state index in [4.69, 9.17) is 9.97 Å². The molecule has 4 rings (SSSR count). The van der Waals surface area contributed by atoms with Crippen molar-refractivity contribution in [3.63, 3.8) is 0 Å². The van der Waals surface area contributed by atoms with Gasteiger partial charge in [-0.3, -0.25) is 0 Å². The number of nitrogens with zero attached hydrogens (tertiary/aromatic N) is 3. The Hall–Kier alpha value is -2.21. The molecule has 3 nitrogen and oxygen atoms in total. The highest BCUT2D eigenvalue weighted by Gasteiger charge is 2.35. The number of rotatable bonds is 14. The van der Waals surface area contributed by atoms with Crippen LogP contribution < -0.4 is 0 Å². The third-order valence-corrected chi connectivity index (χ3v) is 10.0. The highest BCUT2D eigenvalue weighted by molar-refractivity contribution is 5.55. The molecule has 0 saturated heterocycles.